The Morgan fingerprint density at radius 2 is 1.81 bits per heavy atom. The van der Waals surface area contributed by atoms with E-state index in [1.54, 1.807) is 26.4 Å². The lowest BCUT2D eigenvalue weighted by Gasteiger charge is -2.12. The van der Waals surface area contributed by atoms with Crippen LogP contribution in [0.5, 0.6) is 11.5 Å². The highest BCUT2D eigenvalue weighted by Crippen LogP contribution is 2.27. The summed E-state index contributed by atoms with van der Waals surface area (Å²) in [6.07, 6.45) is 0.721. The van der Waals surface area contributed by atoms with Crippen LogP contribution < -0.4 is 20.1 Å². The summed E-state index contributed by atoms with van der Waals surface area (Å²) in [6, 6.07) is 12.4. The molecule has 0 spiro atoms. The maximum absolute atomic E-state index is 13.2. The summed E-state index contributed by atoms with van der Waals surface area (Å²) in [6.45, 7) is 3.95. The van der Waals surface area contributed by atoms with Gasteiger partial charge in [-0.1, -0.05) is 18.2 Å². The van der Waals surface area contributed by atoms with Crippen LogP contribution >= 0.6 is 0 Å². The lowest BCUT2D eigenvalue weighted by molar-refractivity contribution is 0.354. The van der Waals surface area contributed by atoms with Crippen LogP contribution in [0.25, 0.3) is 0 Å². The highest BCUT2D eigenvalue weighted by molar-refractivity contribution is 5.79. The SMILES string of the molecule is CCNC(=NCc1ccc(OC)c(OC)c1)NCCc1cccc(F)c1. The van der Waals surface area contributed by atoms with E-state index < -0.39 is 0 Å². The quantitative estimate of drug-likeness (QED) is 0.562. The molecule has 0 bridgehead atoms. The molecule has 0 saturated carbocycles. The molecule has 0 aromatic heterocycles. The van der Waals surface area contributed by atoms with Crippen LogP contribution in [0.1, 0.15) is 18.1 Å². The van der Waals surface area contributed by atoms with Gasteiger partial charge in [0.05, 0.1) is 20.8 Å². The number of guanidine groups is 1. The zero-order valence-electron chi connectivity index (χ0n) is 15.5. The summed E-state index contributed by atoms with van der Waals surface area (Å²) in [5.74, 6) is 1.89. The maximum Gasteiger partial charge on any atom is 0.191 e. The average Bonchev–Trinajstić information content (AvgIpc) is 2.66. The van der Waals surface area contributed by atoms with Crippen molar-refractivity contribution in [3.05, 3.63) is 59.4 Å². The summed E-state index contributed by atoms with van der Waals surface area (Å²) >= 11 is 0. The van der Waals surface area contributed by atoms with Crippen molar-refractivity contribution in [3.8, 4) is 11.5 Å². The fourth-order valence-electron chi connectivity index (χ4n) is 2.51. The normalized spacial score (nSPS) is 11.2. The molecule has 6 heteroatoms. The minimum absolute atomic E-state index is 0.212. The van der Waals surface area contributed by atoms with Crippen LogP contribution in [0.15, 0.2) is 47.5 Å². The lowest BCUT2D eigenvalue weighted by atomic mass is 10.1. The minimum Gasteiger partial charge on any atom is -0.493 e. The van der Waals surface area contributed by atoms with Gasteiger partial charge in [-0.3, -0.25) is 0 Å². The van der Waals surface area contributed by atoms with E-state index in [9.17, 15) is 4.39 Å². The third kappa shape index (κ3) is 5.95. The summed E-state index contributed by atoms with van der Waals surface area (Å²) in [5, 5.41) is 6.48. The summed E-state index contributed by atoms with van der Waals surface area (Å²) < 4.78 is 23.8. The van der Waals surface area contributed by atoms with Crippen molar-refractivity contribution in [1.29, 1.82) is 0 Å². The van der Waals surface area contributed by atoms with E-state index in [0.29, 0.717) is 24.6 Å². The molecule has 0 amide bonds. The van der Waals surface area contributed by atoms with Crippen molar-refractivity contribution in [3.63, 3.8) is 0 Å². The Morgan fingerprint density at radius 3 is 2.50 bits per heavy atom. The zero-order chi connectivity index (χ0) is 18.8. The molecule has 2 rings (SSSR count). The Balaban J connectivity index is 1.95. The molecule has 26 heavy (non-hydrogen) atoms. The van der Waals surface area contributed by atoms with Crippen molar-refractivity contribution in [2.45, 2.75) is 19.9 Å². The van der Waals surface area contributed by atoms with Gasteiger partial charge in [-0.2, -0.15) is 0 Å². The Hall–Kier alpha value is -2.76. The molecule has 0 heterocycles. The van der Waals surface area contributed by atoms with E-state index >= 15 is 0 Å². The molecule has 0 aliphatic carbocycles. The molecular formula is C20H26FN3O2. The van der Waals surface area contributed by atoms with E-state index in [-0.39, 0.29) is 5.82 Å². The molecule has 0 aliphatic rings. The molecule has 0 saturated heterocycles. The number of rotatable bonds is 8. The molecular weight excluding hydrogens is 333 g/mol. The van der Waals surface area contributed by atoms with Crippen molar-refractivity contribution < 1.29 is 13.9 Å². The molecule has 2 N–H and O–H groups in total. The number of aliphatic imine (C=N–C) groups is 1. The van der Waals surface area contributed by atoms with E-state index in [0.717, 1.165) is 30.1 Å². The Labute approximate surface area is 154 Å². The van der Waals surface area contributed by atoms with Crippen LogP contribution in [-0.2, 0) is 13.0 Å². The molecule has 0 unspecified atom stereocenters. The molecule has 2 aromatic rings. The van der Waals surface area contributed by atoms with Gasteiger partial charge in [0.15, 0.2) is 17.5 Å². The monoisotopic (exact) mass is 359 g/mol. The standard InChI is InChI=1S/C20H26FN3O2/c1-4-22-20(23-11-10-15-6-5-7-17(21)12-15)24-14-16-8-9-18(25-2)19(13-16)26-3/h5-9,12-13H,4,10-11,14H2,1-3H3,(H2,22,23,24). The van der Waals surface area contributed by atoms with E-state index in [4.69, 9.17) is 9.47 Å². The highest BCUT2D eigenvalue weighted by atomic mass is 19.1. The summed E-state index contributed by atoms with van der Waals surface area (Å²) in [7, 11) is 3.23. The first-order chi connectivity index (χ1) is 12.7. The van der Waals surface area contributed by atoms with Crippen molar-refractivity contribution in [1.82, 2.24) is 10.6 Å². The maximum atomic E-state index is 13.2. The van der Waals surface area contributed by atoms with Gasteiger partial charge in [0, 0.05) is 13.1 Å². The number of benzene rings is 2. The predicted octanol–water partition coefficient (Wildman–Crippen LogP) is 3.14. The van der Waals surface area contributed by atoms with Gasteiger partial charge in [0.1, 0.15) is 5.82 Å². The van der Waals surface area contributed by atoms with Crippen LogP contribution in [0.3, 0.4) is 0 Å². The topological polar surface area (TPSA) is 54.9 Å². The van der Waals surface area contributed by atoms with Gasteiger partial charge < -0.3 is 20.1 Å². The van der Waals surface area contributed by atoms with E-state index in [1.165, 1.54) is 6.07 Å². The first kappa shape index (κ1) is 19.6. The van der Waals surface area contributed by atoms with Crippen LogP contribution in [0, 0.1) is 5.82 Å². The van der Waals surface area contributed by atoms with Crippen molar-refractivity contribution >= 4 is 5.96 Å². The lowest BCUT2D eigenvalue weighted by Crippen LogP contribution is -2.38. The third-order valence-electron chi connectivity index (χ3n) is 3.81. The second kappa shape index (κ2) is 10.3. The van der Waals surface area contributed by atoms with Gasteiger partial charge in [-0.05, 0) is 48.7 Å². The van der Waals surface area contributed by atoms with Crippen molar-refractivity contribution in [2.24, 2.45) is 4.99 Å². The Morgan fingerprint density at radius 1 is 1.00 bits per heavy atom. The summed E-state index contributed by atoms with van der Waals surface area (Å²) in [4.78, 5) is 4.59. The molecule has 0 radical (unpaired) electrons. The number of hydrogen-bond acceptors (Lipinski definition) is 3. The minimum atomic E-state index is -0.212. The van der Waals surface area contributed by atoms with E-state index in [1.807, 2.05) is 31.2 Å². The summed E-state index contributed by atoms with van der Waals surface area (Å²) in [5.41, 5.74) is 1.97. The fraction of sp³-hybridized carbons (Fsp3) is 0.350. The molecule has 0 atom stereocenters. The largest absolute Gasteiger partial charge is 0.493 e. The average molecular weight is 359 g/mol. The van der Waals surface area contributed by atoms with Crippen LogP contribution in [-0.4, -0.2) is 33.3 Å². The predicted molar refractivity (Wildman–Crippen MR) is 102 cm³/mol. The highest BCUT2D eigenvalue weighted by Gasteiger charge is 2.05. The fourth-order valence-corrected chi connectivity index (χ4v) is 2.51. The van der Waals surface area contributed by atoms with Crippen LogP contribution in [0.4, 0.5) is 4.39 Å². The number of methoxy groups -OCH3 is 2. The van der Waals surface area contributed by atoms with Crippen molar-refractivity contribution in [2.75, 3.05) is 27.3 Å². The van der Waals surface area contributed by atoms with Gasteiger partial charge in [0.2, 0.25) is 0 Å². The third-order valence-corrected chi connectivity index (χ3v) is 3.81. The molecule has 0 aliphatic heterocycles. The van der Waals surface area contributed by atoms with Gasteiger partial charge >= 0.3 is 0 Å². The molecule has 0 fully saturated rings. The number of halogens is 1. The second-order valence-electron chi connectivity index (χ2n) is 5.69. The molecule has 140 valence electrons. The number of hydrogen-bond donors (Lipinski definition) is 2. The van der Waals surface area contributed by atoms with Crippen LogP contribution in [0.2, 0.25) is 0 Å². The van der Waals surface area contributed by atoms with Gasteiger partial charge in [0.25, 0.3) is 0 Å². The Kier molecular flexibility index (Phi) is 7.74. The van der Waals surface area contributed by atoms with Gasteiger partial charge in [-0.25, -0.2) is 9.38 Å². The van der Waals surface area contributed by atoms with E-state index in [2.05, 4.69) is 15.6 Å². The number of nitrogens with one attached hydrogen (secondary N) is 2. The first-order valence-electron chi connectivity index (χ1n) is 8.63. The smallest absolute Gasteiger partial charge is 0.191 e. The first-order valence-corrected chi connectivity index (χ1v) is 8.63. The van der Waals surface area contributed by atoms with Gasteiger partial charge in [-0.15, -0.1) is 0 Å². The number of ether oxygens (including phenoxy) is 2. The zero-order valence-corrected chi connectivity index (χ0v) is 15.5. The molecule has 5 nitrogen and oxygen atoms in total. The molecule has 2 aromatic carbocycles. The Bertz CT molecular complexity index is 735. The number of nitrogens with zero attached hydrogens (tertiary/aromatic N) is 1. The second-order valence-corrected chi connectivity index (χ2v) is 5.69.